The molecule has 1 atom stereocenters. The number of halogens is 1. The molecule has 1 unspecified atom stereocenters. The molecule has 1 saturated heterocycles. The van der Waals surface area contributed by atoms with Crippen LogP contribution in [-0.4, -0.2) is 26.4 Å². The van der Waals surface area contributed by atoms with Crippen LogP contribution < -0.4 is 9.47 Å². The van der Waals surface area contributed by atoms with E-state index in [-0.39, 0.29) is 6.10 Å². The van der Waals surface area contributed by atoms with Gasteiger partial charge in [0, 0.05) is 11.8 Å². The smallest absolute Gasteiger partial charge is 0.162 e. The fourth-order valence-corrected chi connectivity index (χ4v) is 2.03. The Morgan fingerprint density at radius 2 is 2.31 bits per heavy atom. The van der Waals surface area contributed by atoms with Gasteiger partial charge < -0.3 is 14.2 Å². The number of rotatable bonds is 4. The zero-order valence-electron chi connectivity index (χ0n) is 9.24. The summed E-state index contributed by atoms with van der Waals surface area (Å²) < 4.78 is 16.4. The van der Waals surface area contributed by atoms with Crippen LogP contribution >= 0.6 is 15.9 Å². The highest BCUT2D eigenvalue weighted by molar-refractivity contribution is 9.08. The summed E-state index contributed by atoms with van der Waals surface area (Å²) in [7, 11) is 1.65. The van der Waals surface area contributed by atoms with Gasteiger partial charge in [0.05, 0.1) is 20.3 Å². The Labute approximate surface area is 104 Å². The molecule has 0 spiro atoms. The van der Waals surface area contributed by atoms with Crippen LogP contribution in [0.3, 0.4) is 0 Å². The zero-order valence-corrected chi connectivity index (χ0v) is 10.8. The zero-order chi connectivity index (χ0) is 11.4. The van der Waals surface area contributed by atoms with E-state index in [0.29, 0.717) is 6.61 Å². The Morgan fingerprint density at radius 1 is 1.44 bits per heavy atom. The average Bonchev–Trinajstić information content (AvgIpc) is 2.82. The Kier molecular flexibility index (Phi) is 4.07. The van der Waals surface area contributed by atoms with Crippen LogP contribution in [0.5, 0.6) is 11.5 Å². The highest BCUT2D eigenvalue weighted by atomic mass is 79.9. The summed E-state index contributed by atoms with van der Waals surface area (Å²) >= 11 is 3.43. The minimum absolute atomic E-state index is 0.152. The summed E-state index contributed by atoms with van der Waals surface area (Å²) in [6.45, 7) is 1.45. The van der Waals surface area contributed by atoms with Crippen LogP contribution in [0.1, 0.15) is 12.0 Å². The minimum Gasteiger partial charge on any atom is -0.493 e. The lowest BCUT2D eigenvalue weighted by atomic mass is 10.2. The van der Waals surface area contributed by atoms with Crippen LogP contribution in [0, 0.1) is 0 Å². The van der Waals surface area contributed by atoms with E-state index in [1.807, 2.05) is 18.2 Å². The molecular formula is C12H15BrO3. The molecule has 0 amide bonds. The maximum Gasteiger partial charge on any atom is 0.162 e. The predicted molar refractivity (Wildman–Crippen MR) is 65.5 cm³/mol. The third-order valence-electron chi connectivity index (χ3n) is 2.56. The molecule has 0 saturated carbocycles. The second kappa shape index (κ2) is 5.55. The van der Waals surface area contributed by atoms with Gasteiger partial charge in [0.2, 0.25) is 0 Å². The third kappa shape index (κ3) is 2.68. The van der Waals surface area contributed by atoms with E-state index in [2.05, 4.69) is 15.9 Å². The van der Waals surface area contributed by atoms with Crippen molar-refractivity contribution in [2.45, 2.75) is 17.9 Å². The first-order valence-electron chi connectivity index (χ1n) is 5.30. The summed E-state index contributed by atoms with van der Waals surface area (Å²) in [4.78, 5) is 0. The first kappa shape index (κ1) is 11.7. The molecule has 1 aromatic carbocycles. The minimum atomic E-state index is 0.152. The van der Waals surface area contributed by atoms with Gasteiger partial charge in [0.25, 0.3) is 0 Å². The molecule has 0 aromatic heterocycles. The fourth-order valence-electron chi connectivity index (χ4n) is 1.68. The second-order valence-electron chi connectivity index (χ2n) is 3.72. The van der Waals surface area contributed by atoms with Crippen molar-refractivity contribution in [1.82, 2.24) is 0 Å². The van der Waals surface area contributed by atoms with E-state index in [4.69, 9.17) is 14.2 Å². The van der Waals surface area contributed by atoms with Crippen LogP contribution in [0.15, 0.2) is 18.2 Å². The monoisotopic (exact) mass is 286 g/mol. The average molecular weight is 287 g/mol. The molecule has 16 heavy (non-hydrogen) atoms. The second-order valence-corrected chi connectivity index (χ2v) is 4.28. The molecule has 0 bridgehead atoms. The van der Waals surface area contributed by atoms with Gasteiger partial charge in [-0.2, -0.15) is 0 Å². The Morgan fingerprint density at radius 3 is 2.94 bits per heavy atom. The van der Waals surface area contributed by atoms with Crippen LogP contribution in [-0.2, 0) is 10.1 Å². The number of alkyl halides is 1. The van der Waals surface area contributed by atoms with E-state index in [1.54, 1.807) is 7.11 Å². The number of ether oxygens (including phenoxy) is 3. The quantitative estimate of drug-likeness (QED) is 0.797. The van der Waals surface area contributed by atoms with Gasteiger partial charge in [-0.15, -0.1) is 0 Å². The van der Waals surface area contributed by atoms with Gasteiger partial charge in [0.1, 0.15) is 6.10 Å². The summed E-state index contributed by atoms with van der Waals surface area (Å²) in [6.07, 6.45) is 1.10. The summed E-state index contributed by atoms with van der Waals surface area (Å²) in [5.41, 5.74) is 1.18. The molecule has 0 aliphatic carbocycles. The highest BCUT2D eigenvalue weighted by Gasteiger charge is 2.19. The molecule has 2 rings (SSSR count). The Bertz CT molecular complexity index is 348. The van der Waals surface area contributed by atoms with Crippen molar-refractivity contribution in [1.29, 1.82) is 0 Å². The SMILES string of the molecule is COc1ccc(CBr)cc1OC1CCOC1. The maximum atomic E-state index is 5.87. The van der Waals surface area contributed by atoms with E-state index in [9.17, 15) is 0 Å². The molecule has 1 aliphatic rings. The largest absolute Gasteiger partial charge is 0.493 e. The van der Waals surface area contributed by atoms with Crippen LogP contribution in [0.4, 0.5) is 0 Å². The highest BCUT2D eigenvalue weighted by Crippen LogP contribution is 2.30. The number of hydrogen-bond donors (Lipinski definition) is 0. The van der Waals surface area contributed by atoms with Crippen LogP contribution in [0.2, 0.25) is 0 Å². The van der Waals surface area contributed by atoms with Gasteiger partial charge in [-0.1, -0.05) is 22.0 Å². The molecule has 0 radical (unpaired) electrons. The standard InChI is InChI=1S/C12H15BrO3/c1-14-11-3-2-9(7-13)6-12(11)16-10-4-5-15-8-10/h2-3,6,10H,4-5,7-8H2,1H3. The third-order valence-corrected chi connectivity index (χ3v) is 3.21. The molecule has 1 aliphatic heterocycles. The Balaban J connectivity index is 2.15. The lowest BCUT2D eigenvalue weighted by Gasteiger charge is -2.15. The van der Waals surface area contributed by atoms with Gasteiger partial charge in [-0.25, -0.2) is 0 Å². The molecule has 1 fully saturated rings. The normalized spacial score (nSPS) is 19.8. The van der Waals surface area contributed by atoms with E-state index in [0.717, 1.165) is 29.9 Å². The molecule has 3 nitrogen and oxygen atoms in total. The van der Waals surface area contributed by atoms with Crippen molar-refractivity contribution >= 4 is 15.9 Å². The van der Waals surface area contributed by atoms with Gasteiger partial charge >= 0.3 is 0 Å². The van der Waals surface area contributed by atoms with Crippen molar-refractivity contribution in [3.63, 3.8) is 0 Å². The molecule has 0 N–H and O–H groups in total. The number of hydrogen-bond acceptors (Lipinski definition) is 3. The predicted octanol–water partition coefficient (Wildman–Crippen LogP) is 2.76. The summed E-state index contributed by atoms with van der Waals surface area (Å²) in [5.74, 6) is 1.58. The fraction of sp³-hybridized carbons (Fsp3) is 0.500. The van der Waals surface area contributed by atoms with Crippen molar-refractivity contribution in [3.8, 4) is 11.5 Å². The molecular weight excluding hydrogens is 272 g/mol. The van der Waals surface area contributed by atoms with Crippen molar-refractivity contribution < 1.29 is 14.2 Å². The van der Waals surface area contributed by atoms with E-state index in [1.165, 1.54) is 5.56 Å². The first-order chi connectivity index (χ1) is 7.83. The summed E-state index contributed by atoms with van der Waals surface area (Å²) in [6, 6.07) is 5.96. The number of benzene rings is 1. The lowest BCUT2D eigenvalue weighted by molar-refractivity contribution is 0.138. The number of methoxy groups -OCH3 is 1. The Hall–Kier alpha value is -0.740. The van der Waals surface area contributed by atoms with Gasteiger partial charge in [-0.3, -0.25) is 0 Å². The molecule has 1 aromatic rings. The van der Waals surface area contributed by atoms with Crippen molar-refractivity contribution in [2.75, 3.05) is 20.3 Å². The molecule has 4 heteroatoms. The van der Waals surface area contributed by atoms with Crippen LogP contribution in [0.25, 0.3) is 0 Å². The van der Waals surface area contributed by atoms with Crippen molar-refractivity contribution in [3.05, 3.63) is 23.8 Å². The van der Waals surface area contributed by atoms with Gasteiger partial charge in [-0.05, 0) is 17.7 Å². The first-order valence-corrected chi connectivity index (χ1v) is 6.43. The van der Waals surface area contributed by atoms with Gasteiger partial charge in [0.15, 0.2) is 11.5 Å². The lowest BCUT2D eigenvalue weighted by Crippen LogP contribution is -2.16. The van der Waals surface area contributed by atoms with E-state index < -0.39 is 0 Å². The maximum absolute atomic E-state index is 5.87. The van der Waals surface area contributed by atoms with E-state index >= 15 is 0 Å². The summed E-state index contributed by atoms with van der Waals surface area (Å²) in [5, 5.41) is 0.814. The topological polar surface area (TPSA) is 27.7 Å². The molecule has 1 heterocycles. The van der Waals surface area contributed by atoms with Crippen molar-refractivity contribution in [2.24, 2.45) is 0 Å². The molecule has 88 valence electrons.